The fraction of sp³-hybridized carbons (Fsp3) is 0.435. The molecule has 164 valence electrons. The third kappa shape index (κ3) is 5.98. The second-order valence-corrected chi connectivity index (χ2v) is 7.24. The molecule has 7 heteroatoms. The van der Waals surface area contributed by atoms with Crippen molar-refractivity contribution in [2.24, 2.45) is 5.92 Å². The number of hydrogen-bond acceptors (Lipinski definition) is 3. The molecule has 0 saturated heterocycles. The molecule has 0 saturated carbocycles. The summed E-state index contributed by atoms with van der Waals surface area (Å²) in [6, 6.07) is 10.7. The van der Waals surface area contributed by atoms with Crippen LogP contribution in [0.5, 0.6) is 5.75 Å². The lowest BCUT2D eigenvalue weighted by Crippen LogP contribution is -2.21. The number of nitrogens with one attached hydrogen (secondary N) is 1. The highest BCUT2D eigenvalue weighted by Crippen LogP contribution is 2.33. The van der Waals surface area contributed by atoms with E-state index in [1.165, 1.54) is 12.1 Å². The lowest BCUT2D eigenvalue weighted by molar-refractivity contribution is -0.142. The highest BCUT2D eigenvalue weighted by Gasteiger charge is 2.30. The van der Waals surface area contributed by atoms with Crippen LogP contribution in [0.1, 0.15) is 54.9 Å². The van der Waals surface area contributed by atoms with Crippen LogP contribution in [0.15, 0.2) is 42.5 Å². The van der Waals surface area contributed by atoms with E-state index in [0.29, 0.717) is 31.7 Å². The number of alkyl halides is 3. The fourth-order valence-electron chi connectivity index (χ4n) is 3.70. The molecule has 2 rings (SSSR count). The normalized spacial score (nSPS) is 13.7. The van der Waals surface area contributed by atoms with Crippen molar-refractivity contribution in [3.8, 4) is 5.75 Å². The van der Waals surface area contributed by atoms with Crippen molar-refractivity contribution in [2.75, 3.05) is 7.11 Å². The van der Waals surface area contributed by atoms with Crippen molar-refractivity contribution in [2.45, 2.75) is 51.9 Å². The van der Waals surface area contributed by atoms with Crippen LogP contribution < -0.4 is 10.1 Å². The van der Waals surface area contributed by atoms with Crippen LogP contribution >= 0.6 is 0 Å². The Labute approximate surface area is 175 Å². The highest BCUT2D eigenvalue weighted by atomic mass is 19.4. The Balaban J connectivity index is 2.13. The maximum absolute atomic E-state index is 12.7. The molecule has 0 aliphatic carbocycles. The summed E-state index contributed by atoms with van der Waals surface area (Å²) in [5, 5.41) is 12.8. The molecule has 2 N–H and O–H groups in total. The van der Waals surface area contributed by atoms with Crippen LogP contribution in [0.3, 0.4) is 0 Å². The highest BCUT2D eigenvalue weighted by molar-refractivity contribution is 5.71. The molecule has 0 spiro atoms. The first-order valence-electron chi connectivity index (χ1n) is 9.97. The summed E-state index contributed by atoms with van der Waals surface area (Å²) >= 11 is 0. The molecule has 4 nitrogen and oxygen atoms in total. The number of aliphatic carboxylic acids is 1. The molecule has 2 aromatic rings. The summed E-state index contributed by atoms with van der Waals surface area (Å²) in [5.41, 5.74) is 1.89. The quantitative estimate of drug-likeness (QED) is 0.522. The lowest BCUT2D eigenvalue weighted by atomic mass is 9.82. The molecule has 2 atom stereocenters. The van der Waals surface area contributed by atoms with Gasteiger partial charge in [-0.15, -0.1) is 0 Å². The van der Waals surface area contributed by atoms with E-state index in [1.807, 2.05) is 32.0 Å². The number of halogens is 3. The summed E-state index contributed by atoms with van der Waals surface area (Å²) in [5.74, 6) is -0.692. The molecular formula is C23H28F3NO3. The molecule has 0 bridgehead atoms. The summed E-state index contributed by atoms with van der Waals surface area (Å²) in [4.78, 5) is 11.6. The van der Waals surface area contributed by atoms with Crippen LogP contribution in [-0.4, -0.2) is 18.2 Å². The Hall–Kier alpha value is -2.54. The van der Waals surface area contributed by atoms with Crippen molar-refractivity contribution >= 4 is 5.97 Å². The van der Waals surface area contributed by atoms with Gasteiger partial charge >= 0.3 is 12.1 Å². The minimum atomic E-state index is -4.35. The van der Waals surface area contributed by atoms with E-state index in [4.69, 9.17) is 4.74 Å². The molecule has 2 unspecified atom stereocenters. The third-order valence-electron chi connectivity index (χ3n) is 5.34. The van der Waals surface area contributed by atoms with E-state index in [-0.39, 0.29) is 5.92 Å². The zero-order valence-electron chi connectivity index (χ0n) is 17.4. The molecule has 0 aliphatic heterocycles. The second-order valence-electron chi connectivity index (χ2n) is 7.24. The van der Waals surface area contributed by atoms with Gasteiger partial charge in [0.25, 0.3) is 0 Å². The van der Waals surface area contributed by atoms with Crippen molar-refractivity contribution in [1.29, 1.82) is 0 Å². The van der Waals surface area contributed by atoms with Gasteiger partial charge in [0, 0.05) is 18.7 Å². The lowest BCUT2D eigenvalue weighted by Gasteiger charge is -2.23. The molecule has 0 heterocycles. The first kappa shape index (κ1) is 23.7. The van der Waals surface area contributed by atoms with Crippen LogP contribution in [-0.2, 0) is 24.1 Å². The largest absolute Gasteiger partial charge is 0.496 e. The first-order valence-corrected chi connectivity index (χ1v) is 9.97. The first-order chi connectivity index (χ1) is 14.2. The summed E-state index contributed by atoms with van der Waals surface area (Å²) in [6.07, 6.45) is -3.10. The molecule has 30 heavy (non-hydrogen) atoms. The van der Waals surface area contributed by atoms with E-state index >= 15 is 0 Å². The monoisotopic (exact) mass is 423 g/mol. The maximum atomic E-state index is 12.7. The van der Waals surface area contributed by atoms with E-state index in [0.717, 1.165) is 28.8 Å². The van der Waals surface area contributed by atoms with Crippen molar-refractivity contribution in [1.82, 2.24) is 5.32 Å². The number of hydrogen-bond donors (Lipinski definition) is 2. The van der Waals surface area contributed by atoms with Crippen molar-refractivity contribution in [3.05, 3.63) is 64.7 Å². The van der Waals surface area contributed by atoms with Gasteiger partial charge in [-0.05, 0) is 48.1 Å². The van der Waals surface area contributed by atoms with Gasteiger partial charge in [-0.25, -0.2) is 0 Å². The van der Waals surface area contributed by atoms with E-state index in [2.05, 4.69) is 5.32 Å². The van der Waals surface area contributed by atoms with Gasteiger partial charge in [0.2, 0.25) is 0 Å². The minimum Gasteiger partial charge on any atom is -0.496 e. The van der Waals surface area contributed by atoms with Crippen LogP contribution in [0.25, 0.3) is 0 Å². The second kappa shape index (κ2) is 10.5. The standard InChI is InChI=1S/C23H28F3NO3/c1-4-19(20(5-2)22(28)29)16-8-11-21(30-3)17(12-16)14-27-13-15-6-9-18(10-7-15)23(24,25)26/h6-12,19-20,27H,4-5,13-14H2,1-3H3,(H,28,29). The minimum absolute atomic E-state index is 0.105. The van der Waals surface area contributed by atoms with Crippen molar-refractivity contribution < 1.29 is 27.8 Å². The third-order valence-corrected chi connectivity index (χ3v) is 5.34. The molecule has 0 radical (unpaired) electrons. The van der Waals surface area contributed by atoms with Crippen LogP contribution in [0.4, 0.5) is 13.2 Å². The Kier molecular flexibility index (Phi) is 8.29. The van der Waals surface area contributed by atoms with Gasteiger partial charge in [0.15, 0.2) is 0 Å². The molecule has 0 aliphatic rings. The zero-order valence-corrected chi connectivity index (χ0v) is 17.4. The SMILES string of the molecule is CCC(C(=O)O)C(CC)c1ccc(OC)c(CNCc2ccc(C(F)(F)F)cc2)c1. The smallest absolute Gasteiger partial charge is 0.416 e. The molecule has 0 aromatic heterocycles. The number of carboxylic acid groups (broad SMARTS) is 1. The number of methoxy groups -OCH3 is 1. The van der Waals surface area contributed by atoms with Gasteiger partial charge in [-0.2, -0.15) is 13.2 Å². The average Bonchev–Trinajstić information content (AvgIpc) is 2.71. The topological polar surface area (TPSA) is 58.6 Å². The molecular weight excluding hydrogens is 395 g/mol. The number of benzene rings is 2. The van der Waals surface area contributed by atoms with E-state index in [1.54, 1.807) is 7.11 Å². The summed E-state index contributed by atoms with van der Waals surface area (Å²) in [7, 11) is 1.57. The van der Waals surface area contributed by atoms with Gasteiger partial charge in [0.05, 0.1) is 18.6 Å². The van der Waals surface area contributed by atoms with Gasteiger partial charge in [0.1, 0.15) is 5.75 Å². The Morgan fingerprint density at radius 3 is 2.23 bits per heavy atom. The predicted octanol–water partition coefficient (Wildman–Crippen LogP) is 5.61. The number of ether oxygens (including phenoxy) is 1. The fourth-order valence-corrected chi connectivity index (χ4v) is 3.70. The van der Waals surface area contributed by atoms with Crippen molar-refractivity contribution in [3.63, 3.8) is 0 Å². The summed E-state index contributed by atoms with van der Waals surface area (Å²) < 4.78 is 43.4. The number of carboxylic acids is 1. The number of rotatable bonds is 10. The molecule has 2 aromatic carbocycles. The van der Waals surface area contributed by atoms with Crippen LogP contribution in [0.2, 0.25) is 0 Å². The maximum Gasteiger partial charge on any atom is 0.416 e. The molecule has 0 amide bonds. The average molecular weight is 423 g/mol. The van der Waals surface area contributed by atoms with E-state index < -0.39 is 23.6 Å². The molecule has 0 fully saturated rings. The van der Waals surface area contributed by atoms with Gasteiger partial charge < -0.3 is 15.2 Å². The van der Waals surface area contributed by atoms with E-state index in [9.17, 15) is 23.1 Å². The van der Waals surface area contributed by atoms with Gasteiger partial charge in [-0.1, -0.05) is 38.1 Å². The van der Waals surface area contributed by atoms with Crippen LogP contribution in [0, 0.1) is 5.92 Å². The van der Waals surface area contributed by atoms with Gasteiger partial charge in [-0.3, -0.25) is 4.79 Å². The number of carbonyl (C=O) groups is 1. The Morgan fingerprint density at radius 2 is 1.73 bits per heavy atom. The summed E-state index contributed by atoms with van der Waals surface area (Å²) in [6.45, 7) is 4.69. The predicted molar refractivity (Wildman–Crippen MR) is 109 cm³/mol. The zero-order chi connectivity index (χ0) is 22.3. The Morgan fingerprint density at radius 1 is 1.07 bits per heavy atom. The Bertz CT molecular complexity index is 835.